The molecular weight excluding hydrogens is 262 g/mol. The first kappa shape index (κ1) is 16.0. The molecule has 0 aromatic heterocycles. The van der Waals surface area contributed by atoms with E-state index in [1.54, 1.807) is 11.8 Å². The van der Waals surface area contributed by atoms with Crippen LogP contribution in [0.15, 0.2) is 12.1 Å². The highest BCUT2D eigenvalue weighted by atomic mass is 32.2. The maximum absolute atomic E-state index is 13.8. The molecule has 0 aliphatic rings. The fourth-order valence-corrected chi connectivity index (χ4v) is 2.63. The number of benzene rings is 1. The molecule has 0 nitrogen and oxygen atoms in total. The molecule has 0 saturated heterocycles. The Kier molecular flexibility index (Phi) is 5.87. The van der Waals surface area contributed by atoms with Crippen LogP contribution in [0, 0.1) is 23.5 Å². The third-order valence-corrected chi connectivity index (χ3v) is 3.75. The predicted octanol–water partition coefficient (Wildman–Crippen LogP) is 4.80. The van der Waals surface area contributed by atoms with Crippen molar-refractivity contribution in [3.63, 3.8) is 0 Å². The summed E-state index contributed by atoms with van der Waals surface area (Å²) >= 11 is 1.66. The Hall–Kier alpha value is -1.01. The molecule has 0 unspecified atom stereocenters. The second kappa shape index (κ2) is 6.96. The minimum atomic E-state index is -0.562. The van der Waals surface area contributed by atoms with E-state index in [0.717, 1.165) is 12.2 Å². The van der Waals surface area contributed by atoms with E-state index in [9.17, 15) is 8.78 Å². The first-order chi connectivity index (χ1) is 8.89. The Labute approximate surface area is 119 Å². The summed E-state index contributed by atoms with van der Waals surface area (Å²) in [5, 5.41) is 0. The van der Waals surface area contributed by atoms with Crippen molar-refractivity contribution in [3.05, 3.63) is 34.9 Å². The summed E-state index contributed by atoms with van der Waals surface area (Å²) in [6.07, 6.45) is 1.54. The average molecular weight is 282 g/mol. The van der Waals surface area contributed by atoms with Crippen LogP contribution in [0.5, 0.6) is 0 Å². The molecule has 0 aliphatic heterocycles. The van der Waals surface area contributed by atoms with Gasteiger partial charge in [-0.2, -0.15) is 0 Å². The number of rotatable bonds is 4. The van der Waals surface area contributed by atoms with Crippen molar-refractivity contribution in [1.29, 1.82) is 0 Å². The molecule has 104 valence electrons. The zero-order valence-electron chi connectivity index (χ0n) is 11.9. The number of hydrogen-bond acceptors (Lipinski definition) is 1. The molecule has 0 aliphatic carbocycles. The third-order valence-electron chi connectivity index (χ3n) is 2.63. The first-order valence-corrected chi connectivity index (χ1v) is 7.53. The molecule has 0 N–H and O–H groups in total. The third kappa shape index (κ3) is 4.87. The number of aryl methyl sites for hydroxylation is 1. The zero-order chi connectivity index (χ0) is 14.5. The highest BCUT2D eigenvalue weighted by molar-refractivity contribution is 8.00. The number of thioether (sulfide) groups is 1. The highest BCUT2D eigenvalue weighted by Gasteiger charge is 2.14. The monoisotopic (exact) mass is 282 g/mol. The Bertz CT molecular complexity index is 472. The maximum Gasteiger partial charge on any atom is 0.142 e. The van der Waals surface area contributed by atoms with Crippen molar-refractivity contribution in [3.8, 4) is 11.8 Å². The second-order valence-electron chi connectivity index (χ2n) is 4.88. The summed E-state index contributed by atoms with van der Waals surface area (Å²) < 4.78 is 27.4. The molecule has 0 amide bonds. The lowest BCUT2D eigenvalue weighted by atomic mass is 10.1. The fraction of sp³-hybridized carbons (Fsp3) is 0.500. The Morgan fingerprint density at radius 3 is 2.21 bits per heavy atom. The van der Waals surface area contributed by atoms with Crippen LogP contribution in [0.25, 0.3) is 0 Å². The smallest absolute Gasteiger partial charge is 0.142 e. The van der Waals surface area contributed by atoms with E-state index in [0.29, 0.717) is 12.0 Å². The molecule has 1 rings (SSSR count). The van der Waals surface area contributed by atoms with Gasteiger partial charge in [0, 0.05) is 0 Å². The second-order valence-corrected chi connectivity index (χ2v) is 6.76. The van der Waals surface area contributed by atoms with Crippen LogP contribution >= 0.6 is 11.8 Å². The van der Waals surface area contributed by atoms with Gasteiger partial charge in [0.15, 0.2) is 0 Å². The Morgan fingerprint density at radius 2 is 1.74 bits per heavy atom. The van der Waals surface area contributed by atoms with E-state index >= 15 is 0 Å². The first-order valence-electron chi connectivity index (χ1n) is 6.54. The van der Waals surface area contributed by atoms with Crippen LogP contribution in [0.2, 0.25) is 0 Å². The van der Waals surface area contributed by atoms with Crippen molar-refractivity contribution >= 4 is 11.8 Å². The quantitative estimate of drug-likeness (QED) is 0.715. The lowest BCUT2D eigenvalue weighted by Crippen LogP contribution is -2.11. The summed E-state index contributed by atoms with van der Waals surface area (Å²) in [5.74, 6) is 5.39. The molecule has 3 heteroatoms. The van der Waals surface area contributed by atoms with Crippen molar-refractivity contribution in [2.45, 2.75) is 45.3 Å². The summed E-state index contributed by atoms with van der Waals surface area (Å²) in [6.45, 7) is 7.92. The standard InChI is InChI=1S/C16H20F2S/c1-5-7-12-10-14(17)13(15(18)11-12)8-9-16(3,4)19-6-2/h10-11H,5-7H2,1-4H3. The van der Waals surface area contributed by atoms with Gasteiger partial charge >= 0.3 is 0 Å². The van der Waals surface area contributed by atoms with Crippen LogP contribution in [0.3, 0.4) is 0 Å². The normalized spacial score (nSPS) is 11.1. The average Bonchev–Trinajstić information content (AvgIpc) is 2.27. The van der Waals surface area contributed by atoms with Gasteiger partial charge < -0.3 is 0 Å². The van der Waals surface area contributed by atoms with Gasteiger partial charge in [0.25, 0.3) is 0 Å². The van der Waals surface area contributed by atoms with Gasteiger partial charge in [0.05, 0.1) is 10.3 Å². The molecular formula is C16H20F2S. The molecule has 0 atom stereocenters. The van der Waals surface area contributed by atoms with Crippen molar-refractivity contribution in [2.24, 2.45) is 0 Å². The minimum absolute atomic E-state index is 0.121. The number of hydrogen-bond donors (Lipinski definition) is 0. The van der Waals surface area contributed by atoms with E-state index in [2.05, 4.69) is 11.8 Å². The van der Waals surface area contributed by atoms with Crippen molar-refractivity contribution in [1.82, 2.24) is 0 Å². The molecule has 0 saturated carbocycles. The lowest BCUT2D eigenvalue weighted by molar-refractivity contribution is 0.573. The Morgan fingerprint density at radius 1 is 1.16 bits per heavy atom. The molecule has 1 aromatic carbocycles. The van der Waals surface area contributed by atoms with Gasteiger partial charge in [-0.05, 0) is 43.7 Å². The molecule has 0 spiro atoms. The number of halogens is 2. The highest BCUT2D eigenvalue weighted by Crippen LogP contribution is 2.23. The summed E-state index contributed by atoms with van der Waals surface area (Å²) in [4.78, 5) is 0. The predicted molar refractivity (Wildman–Crippen MR) is 79.4 cm³/mol. The van der Waals surface area contributed by atoms with Crippen molar-refractivity contribution in [2.75, 3.05) is 5.75 Å². The molecule has 0 bridgehead atoms. The van der Waals surface area contributed by atoms with E-state index in [1.807, 2.05) is 27.7 Å². The van der Waals surface area contributed by atoms with Crippen LogP contribution in [-0.4, -0.2) is 10.5 Å². The van der Waals surface area contributed by atoms with Gasteiger partial charge in [0.1, 0.15) is 11.6 Å². The minimum Gasteiger partial charge on any atom is -0.206 e. The van der Waals surface area contributed by atoms with E-state index in [4.69, 9.17) is 0 Å². The molecule has 0 radical (unpaired) electrons. The van der Waals surface area contributed by atoms with Gasteiger partial charge in [-0.1, -0.05) is 32.1 Å². The molecule has 0 fully saturated rings. The summed E-state index contributed by atoms with van der Waals surface area (Å²) in [5.41, 5.74) is 0.565. The topological polar surface area (TPSA) is 0 Å². The van der Waals surface area contributed by atoms with Crippen molar-refractivity contribution < 1.29 is 8.78 Å². The lowest BCUT2D eigenvalue weighted by Gasteiger charge is -2.15. The van der Waals surface area contributed by atoms with Gasteiger partial charge in [-0.15, -0.1) is 11.8 Å². The van der Waals surface area contributed by atoms with E-state index in [1.165, 1.54) is 12.1 Å². The summed E-state index contributed by atoms with van der Waals surface area (Å²) in [6, 6.07) is 2.77. The SMILES string of the molecule is CCCc1cc(F)c(C#CC(C)(C)SCC)c(F)c1. The van der Waals surface area contributed by atoms with Gasteiger partial charge in [0.2, 0.25) is 0 Å². The van der Waals surface area contributed by atoms with Crippen LogP contribution < -0.4 is 0 Å². The summed E-state index contributed by atoms with van der Waals surface area (Å²) in [7, 11) is 0. The molecule has 19 heavy (non-hydrogen) atoms. The fourth-order valence-electron chi connectivity index (χ4n) is 1.79. The van der Waals surface area contributed by atoms with Crippen LogP contribution in [0.4, 0.5) is 8.78 Å². The largest absolute Gasteiger partial charge is 0.206 e. The van der Waals surface area contributed by atoms with Crippen LogP contribution in [-0.2, 0) is 6.42 Å². The van der Waals surface area contributed by atoms with Gasteiger partial charge in [-0.25, -0.2) is 8.78 Å². The van der Waals surface area contributed by atoms with E-state index in [-0.39, 0.29) is 10.3 Å². The van der Waals surface area contributed by atoms with Gasteiger partial charge in [-0.3, -0.25) is 0 Å². The molecule has 1 aromatic rings. The van der Waals surface area contributed by atoms with Crippen LogP contribution in [0.1, 0.15) is 45.2 Å². The Balaban J connectivity index is 3.06. The molecule has 0 heterocycles. The maximum atomic E-state index is 13.8. The zero-order valence-corrected chi connectivity index (χ0v) is 12.8. The van der Waals surface area contributed by atoms with E-state index < -0.39 is 11.6 Å².